The molecule has 3 nitrogen and oxygen atoms in total. The van der Waals surface area contributed by atoms with E-state index in [1.807, 2.05) is 30.3 Å². The van der Waals surface area contributed by atoms with Crippen LogP contribution < -0.4 is 5.32 Å². The lowest BCUT2D eigenvalue weighted by Crippen LogP contribution is -2.32. The SMILES string of the molecule is O=C(CCc1ccccc1)C(=O)NC1CC1. The molecule has 2 rings (SSSR count). The maximum absolute atomic E-state index is 11.5. The maximum Gasteiger partial charge on any atom is 0.287 e. The van der Waals surface area contributed by atoms with E-state index in [2.05, 4.69) is 5.32 Å². The molecule has 1 saturated carbocycles. The predicted molar refractivity (Wildman–Crippen MR) is 60.9 cm³/mol. The van der Waals surface area contributed by atoms with Gasteiger partial charge in [0.2, 0.25) is 5.78 Å². The van der Waals surface area contributed by atoms with Gasteiger partial charge in [-0.15, -0.1) is 0 Å². The Hall–Kier alpha value is -1.64. The molecule has 0 radical (unpaired) electrons. The molecule has 0 spiro atoms. The molecule has 0 aliphatic heterocycles. The molecule has 16 heavy (non-hydrogen) atoms. The summed E-state index contributed by atoms with van der Waals surface area (Å²) in [5.41, 5.74) is 1.09. The number of carbonyl (C=O) groups is 2. The average Bonchev–Trinajstić information content (AvgIpc) is 3.11. The standard InChI is InChI=1S/C13H15NO2/c15-12(13(16)14-11-7-8-11)9-6-10-4-2-1-3-5-10/h1-5,11H,6-9H2,(H,14,16). The molecule has 1 amide bonds. The van der Waals surface area contributed by atoms with E-state index < -0.39 is 5.91 Å². The topological polar surface area (TPSA) is 46.2 Å². The van der Waals surface area contributed by atoms with Gasteiger partial charge in [0.25, 0.3) is 5.91 Å². The van der Waals surface area contributed by atoms with E-state index in [1.54, 1.807) is 0 Å². The summed E-state index contributed by atoms with van der Waals surface area (Å²) >= 11 is 0. The second kappa shape index (κ2) is 4.92. The molecule has 84 valence electrons. The number of nitrogens with one attached hydrogen (secondary N) is 1. The highest BCUT2D eigenvalue weighted by Gasteiger charge is 2.25. The summed E-state index contributed by atoms with van der Waals surface area (Å²) in [7, 11) is 0. The van der Waals surface area contributed by atoms with Crippen LogP contribution in [0.1, 0.15) is 24.8 Å². The van der Waals surface area contributed by atoms with Crippen molar-refractivity contribution in [3.05, 3.63) is 35.9 Å². The van der Waals surface area contributed by atoms with Crippen LogP contribution in [0.25, 0.3) is 0 Å². The third-order valence-corrected chi connectivity index (χ3v) is 2.65. The van der Waals surface area contributed by atoms with E-state index in [9.17, 15) is 9.59 Å². The molecular formula is C13H15NO2. The van der Waals surface area contributed by atoms with Crippen molar-refractivity contribution in [3.8, 4) is 0 Å². The zero-order valence-electron chi connectivity index (χ0n) is 9.11. The van der Waals surface area contributed by atoms with Crippen molar-refractivity contribution in [1.82, 2.24) is 5.32 Å². The van der Waals surface area contributed by atoms with Crippen LogP contribution in [0.4, 0.5) is 0 Å². The van der Waals surface area contributed by atoms with Gasteiger partial charge >= 0.3 is 0 Å². The minimum Gasteiger partial charge on any atom is -0.347 e. The lowest BCUT2D eigenvalue weighted by atomic mass is 10.1. The van der Waals surface area contributed by atoms with Crippen LogP contribution in [0.2, 0.25) is 0 Å². The molecular weight excluding hydrogens is 202 g/mol. The van der Waals surface area contributed by atoms with Crippen LogP contribution in [0.15, 0.2) is 30.3 Å². The summed E-state index contributed by atoms with van der Waals surface area (Å²) in [4.78, 5) is 22.8. The Kier molecular flexibility index (Phi) is 3.34. The molecule has 1 aliphatic carbocycles. The van der Waals surface area contributed by atoms with Crippen LogP contribution in [-0.4, -0.2) is 17.7 Å². The molecule has 1 aromatic carbocycles. The first-order valence-electron chi connectivity index (χ1n) is 5.63. The number of rotatable bonds is 5. The molecule has 1 N–H and O–H groups in total. The molecule has 0 unspecified atom stereocenters. The summed E-state index contributed by atoms with van der Waals surface area (Å²) in [5.74, 6) is -0.728. The Balaban J connectivity index is 1.76. The largest absolute Gasteiger partial charge is 0.347 e. The van der Waals surface area contributed by atoms with Gasteiger partial charge in [-0.1, -0.05) is 30.3 Å². The Morgan fingerprint density at radius 3 is 2.50 bits per heavy atom. The minimum absolute atomic E-state index is 0.258. The minimum atomic E-state index is -0.418. The number of hydrogen-bond donors (Lipinski definition) is 1. The predicted octanol–water partition coefficient (Wildman–Crippen LogP) is 1.47. The number of hydrogen-bond acceptors (Lipinski definition) is 2. The van der Waals surface area contributed by atoms with Crippen molar-refractivity contribution in [2.75, 3.05) is 0 Å². The second-order valence-corrected chi connectivity index (χ2v) is 4.16. The van der Waals surface area contributed by atoms with Gasteiger partial charge in [-0.25, -0.2) is 0 Å². The lowest BCUT2D eigenvalue weighted by Gasteiger charge is -2.02. The van der Waals surface area contributed by atoms with Crippen molar-refractivity contribution < 1.29 is 9.59 Å². The Morgan fingerprint density at radius 2 is 1.88 bits per heavy atom. The van der Waals surface area contributed by atoms with Crippen LogP contribution in [-0.2, 0) is 16.0 Å². The lowest BCUT2D eigenvalue weighted by molar-refractivity contribution is -0.138. The number of ketones is 1. The van der Waals surface area contributed by atoms with E-state index in [0.29, 0.717) is 12.8 Å². The Labute approximate surface area is 94.9 Å². The van der Waals surface area contributed by atoms with Crippen LogP contribution in [0.3, 0.4) is 0 Å². The van der Waals surface area contributed by atoms with Crippen molar-refractivity contribution in [3.63, 3.8) is 0 Å². The molecule has 1 aromatic rings. The summed E-state index contributed by atoms with van der Waals surface area (Å²) in [5, 5.41) is 2.70. The number of aryl methyl sites for hydroxylation is 1. The fourth-order valence-electron chi connectivity index (χ4n) is 1.51. The van der Waals surface area contributed by atoms with Gasteiger partial charge in [-0.2, -0.15) is 0 Å². The van der Waals surface area contributed by atoms with Crippen LogP contribution in [0.5, 0.6) is 0 Å². The van der Waals surface area contributed by atoms with E-state index in [0.717, 1.165) is 18.4 Å². The molecule has 1 aliphatic rings. The Bertz CT molecular complexity index is 382. The maximum atomic E-state index is 11.5. The van der Waals surface area contributed by atoms with Gasteiger partial charge in [-0.3, -0.25) is 9.59 Å². The zero-order chi connectivity index (χ0) is 11.4. The van der Waals surface area contributed by atoms with Crippen molar-refractivity contribution >= 4 is 11.7 Å². The third kappa shape index (κ3) is 3.19. The highest BCUT2D eigenvalue weighted by molar-refractivity contribution is 6.36. The highest BCUT2D eigenvalue weighted by atomic mass is 16.2. The van der Waals surface area contributed by atoms with Gasteiger partial charge in [-0.05, 0) is 24.8 Å². The van der Waals surface area contributed by atoms with Gasteiger partial charge < -0.3 is 5.32 Å². The number of carbonyl (C=O) groups excluding carboxylic acids is 2. The molecule has 1 fully saturated rings. The fraction of sp³-hybridized carbons (Fsp3) is 0.385. The molecule has 0 atom stereocenters. The van der Waals surface area contributed by atoms with Crippen molar-refractivity contribution in [2.24, 2.45) is 0 Å². The fourth-order valence-corrected chi connectivity index (χ4v) is 1.51. The van der Waals surface area contributed by atoms with E-state index in [1.165, 1.54) is 0 Å². The molecule has 3 heteroatoms. The summed E-state index contributed by atoms with van der Waals surface area (Å²) in [6, 6.07) is 9.99. The van der Waals surface area contributed by atoms with Crippen molar-refractivity contribution in [1.29, 1.82) is 0 Å². The monoisotopic (exact) mass is 217 g/mol. The summed E-state index contributed by atoms with van der Waals surface area (Å²) in [6.07, 6.45) is 2.95. The van der Waals surface area contributed by atoms with Crippen molar-refractivity contribution in [2.45, 2.75) is 31.7 Å². The average molecular weight is 217 g/mol. The molecule has 0 bridgehead atoms. The van der Waals surface area contributed by atoms with E-state index >= 15 is 0 Å². The van der Waals surface area contributed by atoms with E-state index in [-0.39, 0.29) is 11.8 Å². The summed E-state index contributed by atoms with van der Waals surface area (Å²) < 4.78 is 0. The number of Topliss-reactive ketones (excluding diaryl/α,β-unsaturated/α-hetero) is 1. The number of amides is 1. The Morgan fingerprint density at radius 1 is 1.19 bits per heavy atom. The molecule has 0 heterocycles. The zero-order valence-corrected chi connectivity index (χ0v) is 9.11. The third-order valence-electron chi connectivity index (χ3n) is 2.65. The molecule has 0 aromatic heterocycles. The van der Waals surface area contributed by atoms with Gasteiger partial charge in [0.15, 0.2) is 0 Å². The second-order valence-electron chi connectivity index (χ2n) is 4.16. The van der Waals surface area contributed by atoms with E-state index in [4.69, 9.17) is 0 Å². The first-order valence-corrected chi connectivity index (χ1v) is 5.63. The highest BCUT2D eigenvalue weighted by Crippen LogP contribution is 2.18. The summed E-state index contributed by atoms with van der Waals surface area (Å²) in [6.45, 7) is 0. The quantitative estimate of drug-likeness (QED) is 0.759. The number of benzene rings is 1. The van der Waals surface area contributed by atoms with Gasteiger partial charge in [0.05, 0.1) is 0 Å². The molecule has 0 saturated heterocycles. The van der Waals surface area contributed by atoms with Gasteiger partial charge in [0, 0.05) is 12.5 Å². The first kappa shape index (κ1) is 10.9. The normalized spacial score (nSPS) is 14.5. The smallest absolute Gasteiger partial charge is 0.287 e. The van der Waals surface area contributed by atoms with Crippen LogP contribution in [0, 0.1) is 0 Å². The van der Waals surface area contributed by atoms with Gasteiger partial charge in [0.1, 0.15) is 0 Å². The first-order chi connectivity index (χ1) is 7.75. The van der Waals surface area contributed by atoms with Crippen LogP contribution >= 0.6 is 0 Å².